The van der Waals surface area contributed by atoms with Gasteiger partial charge >= 0.3 is 0 Å². The lowest BCUT2D eigenvalue weighted by molar-refractivity contribution is 0.0950. The average molecular weight is 367 g/mol. The molecule has 0 atom stereocenters. The predicted octanol–water partition coefficient (Wildman–Crippen LogP) is 0.599. The number of aryl methyl sites for hydroxylation is 2. The van der Waals surface area contributed by atoms with Crippen molar-refractivity contribution >= 4 is 22.9 Å². The summed E-state index contributed by atoms with van der Waals surface area (Å²) >= 11 is 0. The van der Waals surface area contributed by atoms with Crippen LogP contribution in [0, 0.1) is 6.92 Å². The minimum absolute atomic E-state index is 0.0439. The minimum atomic E-state index is -0.617. The molecule has 0 aliphatic heterocycles. The molecule has 9 nitrogen and oxygen atoms in total. The molecule has 9 heteroatoms. The number of hydrogen-bond acceptors (Lipinski definition) is 7. The number of hydrogen-bond donors (Lipinski definition) is 3. The van der Waals surface area contributed by atoms with Gasteiger partial charge in [0.25, 0.3) is 11.5 Å². The van der Waals surface area contributed by atoms with Gasteiger partial charge in [-0.1, -0.05) is 18.2 Å². The number of hydrazone groups is 1. The van der Waals surface area contributed by atoms with Crippen LogP contribution in [0.5, 0.6) is 5.75 Å². The van der Waals surface area contributed by atoms with Gasteiger partial charge in [0.1, 0.15) is 5.75 Å². The second kappa shape index (κ2) is 7.34. The van der Waals surface area contributed by atoms with E-state index >= 15 is 0 Å². The van der Waals surface area contributed by atoms with Crippen molar-refractivity contribution in [3.05, 3.63) is 63.3 Å². The Kier molecular flexibility index (Phi) is 4.95. The highest BCUT2D eigenvalue weighted by molar-refractivity contribution is 6.05. The van der Waals surface area contributed by atoms with Gasteiger partial charge in [-0.2, -0.15) is 10.2 Å². The molecule has 0 spiro atoms. The van der Waals surface area contributed by atoms with E-state index in [9.17, 15) is 19.8 Å². The maximum atomic E-state index is 12.5. The smallest absolute Gasteiger partial charge is 0.292 e. The molecule has 1 amide bonds. The van der Waals surface area contributed by atoms with Crippen LogP contribution in [0.15, 0.2) is 40.4 Å². The van der Waals surface area contributed by atoms with Gasteiger partial charge in [0.05, 0.1) is 23.9 Å². The Hall–Kier alpha value is -3.59. The molecule has 0 saturated carbocycles. The Bertz CT molecular complexity index is 1120. The highest BCUT2D eigenvalue weighted by atomic mass is 16.3. The second-order valence-electron chi connectivity index (χ2n) is 5.81. The van der Waals surface area contributed by atoms with Crippen molar-refractivity contribution in [2.75, 3.05) is 0 Å². The zero-order valence-electron chi connectivity index (χ0n) is 14.7. The van der Waals surface area contributed by atoms with Crippen LogP contribution in [0.2, 0.25) is 0 Å². The van der Waals surface area contributed by atoms with Crippen LogP contribution in [0.25, 0.3) is 10.8 Å². The Morgan fingerprint density at radius 2 is 2.04 bits per heavy atom. The molecular weight excluding hydrogens is 350 g/mol. The van der Waals surface area contributed by atoms with E-state index in [0.29, 0.717) is 22.0 Å². The lowest BCUT2D eigenvalue weighted by atomic mass is 10.1. The van der Waals surface area contributed by atoms with Gasteiger partial charge in [0.2, 0.25) is 0 Å². The number of benzene rings is 1. The van der Waals surface area contributed by atoms with Crippen molar-refractivity contribution in [2.45, 2.75) is 13.5 Å². The van der Waals surface area contributed by atoms with Crippen LogP contribution in [-0.2, 0) is 13.7 Å². The first kappa shape index (κ1) is 18.2. The van der Waals surface area contributed by atoms with Crippen molar-refractivity contribution in [1.29, 1.82) is 0 Å². The zero-order chi connectivity index (χ0) is 19.6. The average Bonchev–Trinajstić information content (AvgIpc) is 2.68. The number of carbonyl (C=O) groups is 1. The van der Waals surface area contributed by atoms with Gasteiger partial charge in [-0.15, -0.1) is 0 Å². The molecule has 0 aliphatic carbocycles. The summed E-state index contributed by atoms with van der Waals surface area (Å²) < 4.78 is 1.09. The number of rotatable bonds is 4. The van der Waals surface area contributed by atoms with Crippen LogP contribution in [0.4, 0.5) is 0 Å². The van der Waals surface area contributed by atoms with E-state index in [1.165, 1.54) is 19.5 Å². The standard InChI is InChI=1S/C18H17N5O4/c1-10-16(25)14(11(9-24)7-19-10)8-20-21-17(26)15-12-5-3-4-6-13(12)18(27)23(2)22-15/h3-8,24-25H,9H2,1-2H3,(H,21,26)/b20-8+. The Labute approximate surface area is 153 Å². The summed E-state index contributed by atoms with van der Waals surface area (Å²) in [5, 5.41) is 28.1. The van der Waals surface area contributed by atoms with E-state index in [2.05, 4.69) is 20.6 Å². The van der Waals surface area contributed by atoms with E-state index in [1.807, 2.05) is 0 Å². The molecule has 138 valence electrons. The van der Waals surface area contributed by atoms with Crippen molar-refractivity contribution in [3.63, 3.8) is 0 Å². The molecule has 3 N–H and O–H groups in total. The summed E-state index contributed by atoms with van der Waals surface area (Å²) in [6.45, 7) is 1.26. The number of aliphatic hydroxyl groups is 1. The van der Waals surface area contributed by atoms with E-state index < -0.39 is 5.91 Å². The molecule has 0 bridgehead atoms. The van der Waals surface area contributed by atoms with Gasteiger partial charge < -0.3 is 10.2 Å². The maximum Gasteiger partial charge on any atom is 0.292 e. The largest absolute Gasteiger partial charge is 0.505 e. The number of nitrogens with zero attached hydrogens (tertiary/aromatic N) is 4. The molecule has 3 rings (SSSR count). The first-order valence-corrected chi connectivity index (χ1v) is 8.01. The SMILES string of the molecule is Cc1ncc(CO)c(/C=N/NC(=O)c2nn(C)c(=O)c3ccccc23)c1O. The number of carbonyl (C=O) groups excluding carboxylic acids is 1. The first-order valence-electron chi connectivity index (χ1n) is 8.01. The summed E-state index contributed by atoms with van der Waals surface area (Å²) in [7, 11) is 1.46. The molecule has 2 heterocycles. The summed E-state index contributed by atoms with van der Waals surface area (Å²) in [4.78, 5) is 28.6. The summed E-state index contributed by atoms with van der Waals surface area (Å²) in [6, 6.07) is 6.65. The van der Waals surface area contributed by atoms with Crippen molar-refractivity contribution in [3.8, 4) is 5.75 Å². The van der Waals surface area contributed by atoms with E-state index in [0.717, 1.165) is 4.68 Å². The summed E-state index contributed by atoms with van der Waals surface area (Å²) in [6.07, 6.45) is 2.64. The van der Waals surface area contributed by atoms with E-state index in [-0.39, 0.29) is 29.2 Å². The van der Waals surface area contributed by atoms with Crippen molar-refractivity contribution in [1.82, 2.24) is 20.2 Å². The van der Waals surface area contributed by atoms with Gasteiger partial charge in [-0.05, 0) is 13.0 Å². The molecule has 0 unspecified atom stereocenters. The molecule has 27 heavy (non-hydrogen) atoms. The Morgan fingerprint density at radius 1 is 1.33 bits per heavy atom. The topological polar surface area (TPSA) is 130 Å². The lowest BCUT2D eigenvalue weighted by Crippen LogP contribution is -2.27. The molecule has 1 aromatic carbocycles. The third kappa shape index (κ3) is 3.40. The quantitative estimate of drug-likeness (QED) is 0.457. The van der Waals surface area contributed by atoms with Crippen LogP contribution < -0.4 is 11.0 Å². The van der Waals surface area contributed by atoms with Crippen LogP contribution in [0.3, 0.4) is 0 Å². The zero-order valence-corrected chi connectivity index (χ0v) is 14.7. The van der Waals surface area contributed by atoms with Crippen molar-refractivity contribution in [2.24, 2.45) is 12.1 Å². The third-order valence-corrected chi connectivity index (χ3v) is 4.06. The number of aromatic hydroxyl groups is 1. The van der Waals surface area contributed by atoms with Crippen LogP contribution >= 0.6 is 0 Å². The maximum absolute atomic E-state index is 12.5. The van der Waals surface area contributed by atoms with Gasteiger partial charge in [-0.25, -0.2) is 10.1 Å². The minimum Gasteiger partial charge on any atom is -0.505 e. The van der Waals surface area contributed by atoms with Gasteiger partial charge in [-0.3, -0.25) is 14.6 Å². The highest BCUT2D eigenvalue weighted by Gasteiger charge is 2.15. The third-order valence-electron chi connectivity index (χ3n) is 4.06. The number of aliphatic hydroxyl groups excluding tert-OH is 1. The predicted molar refractivity (Wildman–Crippen MR) is 98.6 cm³/mol. The number of fused-ring (bicyclic) bond motifs is 1. The fourth-order valence-corrected chi connectivity index (χ4v) is 2.60. The number of aromatic nitrogens is 3. The van der Waals surface area contributed by atoms with Crippen molar-refractivity contribution < 1.29 is 15.0 Å². The molecule has 0 aliphatic rings. The molecule has 0 fully saturated rings. The molecule has 3 aromatic rings. The number of pyridine rings is 1. The van der Waals surface area contributed by atoms with E-state index in [4.69, 9.17) is 0 Å². The fourth-order valence-electron chi connectivity index (χ4n) is 2.60. The number of amides is 1. The normalized spacial score (nSPS) is 11.2. The molecule has 2 aromatic heterocycles. The summed E-state index contributed by atoms with van der Waals surface area (Å²) in [5.41, 5.74) is 3.04. The first-order chi connectivity index (χ1) is 12.9. The fraction of sp³-hybridized carbons (Fsp3) is 0.167. The Balaban J connectivity index is 1.93. The highest BCUT2D eigenvalue weighted by Crippen LogP contribution is 2.21. The lowest BCUT2D eigenvalue weighted by Gasteiger charge is -2.08. The Morgan fingerprint density at radius 3 is 2.74 bits per heavy atom. The summed E-state index contributed by atoms with van der Waals surface area (Å²) in [5.74, 6) is -0.751. The molecule has 0 saturated heterocycles. The monoisotopic (exact) mass is 367 g/mol. The molecular formula is C18H17N5O4. The second-order valence-corrected chi connectivity index (χ2v) is 5.81. The van der Waals surface area contributed by atoms with Gasteiger partial charge in [0.15, 0.2) is 5.69 Å². The number of nitrogens with one attached hydrogen (secondary N) is 1. The van der Waals surface area contributed by atoms with Crippen LogP contribution in [0.1, 0.15) is 27.3 Å². The molecule has 0 radical (unpaired) electrons. The van der Waals surface area contributed by atoms with E-state index in [1.54, 1.807) is 31.2 Å². The van der Waals surface area contributed by atoms with Gasteiger partial charge in [0, 0.05) is 29.8 Å². The van der Waals surface area contributed by atoms with Crippen LogP contribution in [-0.4, -0.2) is 37.1 Å².